The molecule has 0 aliphatic heterocycles. The highest BCUT2D eigenvalue weighted by molar-refractivity contribution is 6.42. The van der Waals surface area contributed by atoms with Gasteiger partial charge in [-0.1, -0.05) is 29.3 Å². The first-order chi connectivity index (χ1) is 8.56. The van der Waals surface area contributed by atoms with E-state index in [0.717, 1.165) is 0 Å². The van der Waals surface area contributed by atoms with Crippen molar-refractivity contribution >= 4 is 23.2 Å². The second-order valence-corrected chi connectivity index (χ2v) is 4.20. The third-order valence-electron chi connectivity index (χ3n) is 2.17. The average Bonchev–Trinajstić information content (AvgIpc) is 2.32. The number of rotatable bonds is 3. The highest BCUT2D eigenvalue weighted by atomic mass is 35.5. The van der Waals surface area contributed by atoms with Crippen molar-refractivity contribution in [2.24, 2.45) is 0 Å². The van der Waals surface area contributed by atoms with Crippen LogP contribution in [0.1, 0.15) is 0 Å². The van der Waals surface area contributed by atoms with Crippen molar-refractivity contribution in [2.75, 3.05) is 0 Å². The Morgan fingerprint density at radius 1 is 1.06 bits per heavy atom. The van der Waals surface area contributed by atoms with Gasteiger partial charge in [-0.25, -0.2) is 0 Å². The van der Waals surface area contributed by atoms with Crippen molar-refractivity contribution in [1.29, 1.82) is 0 Å². The lowest BCUT2D eigenvalue weighted by Gasteiger charge is -2.07. The molecule has 1 aromatic heterocycles. The van der Waals surface area contributed by atoms with Crippen LogP contribution in [-0.2, 0) is 0 Å². The first-order valence-corrected chi connectivity index (χ1v) is 5.68. The SMILES string of the molecule is FC(F)Oc1ccnc(-c2ccc(Cl)c(Cl)c2)c1. The van der Waals surface area contributed by atoms with Crippen molar-refractivity contribution in [2.45, 2.75) is 6.61 Å². The Hall–Kier alpha value is -1.39. The Balaban J connectivity index is 2.35. The summed E-state index contributed by atoms with van der Waals surface area (Å²) in [6.07, 6.45) is 1.38. The largest absolute Gasteiger partial charge is 0.435 e. The summed E-state index contributed by atoms with van der Waals surface area (Å²) in [7, 11) is 0. The fraction of sp³-hybridized carbons (Fsp3) is 0.0833. The fourth-order valence-corrected chi connectivity index (χ4v) is 1.70. The monoisotopic (exact) mass is 289 g/mol. The molecule has 0 unspecified atom stereocenters. The third kappa shape index (κ3) is 3.09. The van der Waals surface area contributed by atoms with Crippen LogP contribution in [0.2, 0.25) is 10.0 Å². The number of benzene rings is 1. The van der Waals surface area contributed by atoms with Gasteiger partial charge in [-0.2, -0.15) is 8.78 Å². The normalized spacial score (nSPS) is 10.7. The second-order valence-electron chi connectivity index (χ2n) is 3.38. The predicted octanol–water partition coefficient (Wildman–Crippen LogP) is 4.66. The summed E-state index contributed by atoms with van der Waals surface area (Å²) in [6, 6.07) is 7.68. The van der Waals surface area contributed by atoms with Gasteiger partial charge in [0.05, 0.1) is 15.7 Å². The number of hydrogen-bond acceptors (Lipinski definition) is 2. The molecule has 0 atom stereocenters. The number of alkyl halides is 2. The van der Waals surface area contributed by atoms with E-state index in [-0.39, 0.29) is 5.75 Å². The molecule has 2 rings (SSSR count). The van der Waals surface area contributed by atoms with Crippen molar-refractivity contribution in [3.05, 3.63) is 46.6 Å². The molecule has 1 heterocycles. The molecule has 2 aromatic rings. The molecule has 0 fully saturated rings. The number of halogens is 4. The Bertz CT molecular complexity index is 564. The quantitative estimate of drug-likeness (QED) is 0.820. The van der Waals surface area contributed by atoms with Crippen molar-refractivity contribution in [3.8, 4) is 17.0 Å². The van der Waals surface area contributed by atoms with E-state index in [1.54, 1.807) is 18.2 Å². The molecule has 6 heteroatoms. The lowest BCUT2D eigenvalue weighted by Crippen LogP contribution is -2.02. The molecule has 94 valence electrons. The molecular weight excluding hydrogens is 283 g/mol. The maximum absolute atomic E-state index is 12.1. The molecule has 0 saturated carbocycles. The van der Waals surface area contributed by atoms with Crippen LogP contribution in [0.4, 0.5) is 8.78 Å². The van der Waals surface area contributed by atoms with E-state index < -0.39 is 6.61 Å². The van der Waals surface area contributed by atoms with Gasteiger partial charge in [-0.05, 0) is 18.2 Å². The smallest absolute Gasteiger partial charge is 0.387 e. The van der Waals surface area contributed by atoms with Crippen molar-refractivity contribution < 1.29 is 13.5 Å². The van der Waals surface area contributed by atoms with Crippen LogP contribution in [0.3, 0.4) is 0 Å². The average molecular weight is 290 g/mol. The first-order valence-electron chi connectivity index (χ1n) is 4.92. The lowest BCUT2D eigenvalue weighted by atomic mass is 10.1. The summed E-state index contributed by atoms with van der Waals surface area (Å²) < 4.78 is 28.5. The number of pyridine rings is 1. The molecule has 0 radical (unpaired) electrons. The van der Waals surface area contributed by atoms with E-state index in [9.17, 15) is 8.78 Å². The van der Waals surface area contributed by atoms with Gasteiger partial charge < -0.3 is 4.74 Å². The van der Waals surface area contributed by atoms with E-state index in [4.69, 9.17) is 23.2 Å². The van der Waals surface area contributed by atoms with E-state index in [1.165, 1.54) is 18.3 Å². The van der Waals surface area contributed by atoms with Crippen LogP contribution < -0.4 is 4.74 Å². The zero-order chi connectivity index (χ0) is 13.1. The maximum Gasteiger partial charge on any atom is 0.387 e. The summed E-state index contributed by atoms with van der Waals surface area (Å²) in [4.78, 5) is 4.06. The van der Waals surface area contributed by atoms with E-state index in [0.29, 0.717) is 21.3 Å². The molecule has 0 aliphatic carbocycles. The third-order valence-corrected chi connectivity index (χ3v) is 2.91. The van der Waals surface area contributed by atoms with Crippen molar-refractivity contribution in [3.63, 3.8) is 0 Å². The predicted molar refractivity (Wildman–Crippen MR) is 66.3 cm³/mol. The Morgan fingerprint density at radius 2 is 1.83 bits per heavy atom. The molecule has 1 aromatic carbocycles. The van der Waals surface area contributed by atoms with Gasteiger partial charge in [-0.15, -0.1) is 0 Å². The number of nitrogens with zero attached hydrogens (tertiary/aromatic N) is 1. The standard InChI is InChI=1S/C12H7Cl2F2NO/c13-9-2-1-7(5-10(9)14)11-6-8(3-4-17-11)18-12(15)16/h1-6,12H. The molecule has 18 heavy (non-hydrogen) atoms. The highest BCUT2D eigenvalue weighted by Crippen LogP contribution is 2.29. The molecule has 0 saturated heterocycles. The Kier molecular flexibility index (Phi) is 3.99. The second kappa shape index (κ2) is 5.50. The van der Waals surface area contributed by atoms with Crippen LogP contribution in [0.15, 0.2) is 36.5 Å². The highest BCUT2D eigenvalue weighted by Gasteiger charge is 2.07. The molecule has 0 spiro atoms. The van der Waals surface area contributed by atoms with Crippen LogP contribution in [0.5, 0.6) is 5.75 Å². The van der Waals surface area contributed by atoms with Gasteiger partial charge in [0, 0.05) is 17.8 Å². The summed E-state index contributed by atoms with van der Waals surface area (Å²) in [5.41, 5.74) is 1.15. The van der Waals surface area contributed by atoms with Gasteiger partial charge in [0.25, 0.3) is 0 Å². The summed E-state index contributed by atoms with van der Waals surface area (Å²) in [5, 5.41) is 0.788. The van der Waals surface area contributed by atoms with Crippen LogP contribution in [0.25, 0.3) is 11.3 Å². The van der Waals surface area contributed by atoms with Gasteiger partial charge in [0.1, 0.15) is 5.75 Å². The van der Waals surface area contributed by atoms with E-state index in [1.807, 2.05) is 0 Å². The Labute approximate surface area is 112 Å². The van der Waals surface area contributed by atoms with Crippen LogP contribution in [-0.4, -0.2) is 11.6 Å². The van der Waals surface area contributed by atoms with Crippen LogP contribution in [0, 0.1) is 0 Å². The first kappa shape index (κ1) is 13.1. The van der Waals surface area contributed by atoms with Gasteiger partial charge in [0.2, 0.25) is 0 Å². The molecule has 2 nitrogen and oxygen atoms in total. The van der Waals surface area contributed by atoms with E-state index >= 15 is 0 Å². The zero-order valence-electron chi connectivity index (χ0n) is 8.91. The molecule has 0 amide bonds. The minimum absolute atomic E-state index is 0.0427. The molecule has 0 N–H and O–H groups in total. The topological polar surface area (TPSA) is 22.1 Å². The summed E-state index contributed by atoms with van der Waals surface area (Å²) in [5.74, 6) is 0.0427. The fourth-order valence-electron chi connectivity index (χ4n) is 1.40. The minimum atomic E-state index is -2.87. The maximum atomic E-state index is 12.1. The number of aromatic nitrogens is 1. The van der Waals surface area contributed by atoms with E-state index in [2.05, 4.69) is 9.72 Å². The summed E-state index contributed by atoms with van der Waals surface area (Å²) >= 11 is 11.7. The van der Waals surface area contributed by atoms with Gasteiger partial charge in [0.15, 0.2) is 0 Å². The minimum Gasteiger partial charge on any atom is -0.435 e. The lowest BCUT2D eigenvalue weighted by molar-refractivity contribution is -0.0498. The van der Waals surface area contributed by atoms with Gasteiger partial charge in [-0.3, -0.25) is 4.98 Å². The van der Waals surface area contributed by atoms with Crippen molar-refractivity contribution in [1.82, 2.24) is 4.98 Å². The molecule has 0 aliphatic rings. The number of ether oxygens (including phenoxy) is 1. The number of hydrogen-bond donors (Lipinski definition) is 0. The molecular formula is C12H7Cl2F2NO. The Morgan fingerprint density at radius 3 is 2.50 bits per heavy atom. The zero-order valence-corrected chi connectivity index (χ0v) is 10.4. The molecule has 0 bridgehead atoms. The van der Waals surface area contributed by atoms with Gasteiger partial charge >= 0.3 is 6.61 Å². The van der Waals surface area contributed by atoms with Crippen LogP contribution >= 0.6 is 23.2 Å². The summed E-state index contributed by atoms with van der Waals surface area (Å²) in [6.45, 7) is -2.87.